The van der Waals surface area contributed by atoms with E-state index >= 15 is 0 Å². The van der Waals surface area contributed by atoms with Crippen LogP contribution in [-0.4, -0.2) is 23.9 Å². The van der Waals surface area contributed by atoms with E-state index in [1.165, 1.54) is 28.1 Å². The first-order chi connectivity index (χ1) is 12.7. The summed E-state index contributed by atoms with van der Waals surface area (Å²) < 4.78 is 13.3. The Hall–Kier alpha value is -2.50. The summed E-state index contributed by atoms with van der Waals surface area (Å²) in [6.45, 7) is 1.09. The Bertz CT molecular complexity index is 909. The van der Waals surface area contributed by atoms with Gasteiger partial charge in [-0.1, -0.05) is 36.4 Å². The van der Waals surface area contributed by atoms with Gasteiger partial charge < -0.3 is 5.32 Å². The maximum atomic E-state index is 13.3. The van der Waals surface area contributed by atoms with Crippen LogP contribution in [-0.2, 0) is 11.2 Å². The first-order valence-corrected chi connectivity index (χ1v) is 9.49. The lowest BCUT2D eigenvalue weighted by Gasteiger charge is -2.35. The quantitative estimate of drug-likeness (QED) is 0.739. The fourth-order valence-corrected chi connectivity index (χ4v) is 4.42. The number of carbonyl (C=O) groups excluding carboxylic acids is 1. The Balaban J connectivity index is 1.56. The van der Waals surface area contributed by atoms with Crippen LogP contribution in [0.4, 0.5) is 10.1 Å². The third-order valence-corrected chi connectivity index (χ3v) is 5.63. The molecule has 0 radical (unpaired) electrons. The van der Waals surface area contributed by atoms with Crippen molar-refractivity contribution in [1.82, 2.24) is 4.90 Å². The molecule has 3 aromatic rings. The van der Waals surface area contributed by atoms with Crippen molar-refractivity contribution in [2.45, 2.75) is 12.5 Å². The fourth-order valence-electron chi connectivity index (χ4n) is 3.52. The molecule has 1 N–H and O–H groups in total. The van der Waals surface area contributed by atoms with Gasteiger partial charge in [0.15, 0.2) is 0 Å². The Morgan fingerprint density at radius 2 is 2.00 bits per heavy atom. The number of nitrogens with zero attached hydrogens (tertiary/aromatic N) is 1. The summed E-state index contributed by atoms with van der Waals surface area (Å²) in [7, 11) is 0. The number of halogens is 1. The van der Waals surface area contributed by atoms with Crippen molar-refractivity contribution in [3.8, 4) is 0 Å². The molecule has 3 nitrogen and oxygen atoms in total. The zero-order chi connectivity index (χ0) is 17.9. The summed E-state index contributed by atoms with van der Waals surface area (Å²) in [6, 6.07) is 18.5. The Kier molecular flexibility index (Phi) is 4.82. The van der Waals surface area contributed by atoms with E-state index in [4.69, 9.17) is 0 Å². The van der Waals surface area contributed by atoms with Crippen LogP contribution in [0.3, 0.4) is 0 Å². The molecule has 26 heavy (non-hydrogen) atoms. The van der Waals surface area contributed by atoms with E-state index in [1.54, 1.807) is 23.5 Å². The molecule has 0 unspecified atom stereocenters. The van der Waals surface area contributed by atoms with Gasteiger partial charge in [-0.15, -0.1) is 11.3 Å². The number of amides is 1. The van der Waals surface area contributed by atoms with Crippen molar-refractivity contribution in [3.05, 3.63) is 87.9 Å². The van der Waals surface area contributed by atoms with E-state index in [0.29, 0.717) is 5.69 Å². The Morgan fingerprint density at radius 1 is 1.15 bits per heavy atom. The maximum Gasteiger partial charge on any atom is 0.238 e. The van der Waals surface area contributed by atoms with Gasteiger partial charge >= 0.3 is 0 Å². The predicted octanol–water partition coefficient (Wildman–Crippen LogP) is 4.47. The zero-order valence-electron chi connectivity index (χ0n) is 14.2. The van der Waals surface area contributed by atoms with Crippen LogP contribution in [0.2, 0.25) is 0 Å². The summed E-state index contributed by atoms with van der Waals surface area (Å²) >= 11 is 1.78. The highest BCUT2D eigenvalue weighted by Crippen LogP contribution is 2.37. The molecule has 1 aliphatic rings. The number of anilines is 1. The monoisotopic (exact) mass is 366 g/mol. The van der Waals surface area contributed by atoms with Crippen LogP contribution in [0.1, 0.15) is 22.0 Å². The normalized spacial score (nSPS) is 16.9. The topological polar surface area (TPSA) is 32.3 Å². The molecule has 4 rings (SSSR count). The van der Waals surface area contributed by atoms with E-state index < -0.39 is 0 Å². The smallest absolute Gasteiger partial charge is 0.238 e. The Morgan fingerprint density at radius 3 is 2.81 bits per heavy atom. The summed E-state index contributed by atoms with van der Waals surface area (Å²) in [4.78, 5) is 16.1. The molecule has 0 saturated heterocycles. The number of fused-ring (bicyclic) bond motifs is 1. The van der Waals surface area contributed by atoms with Gasteiger partial charge in [0.25, 0.3) is 0 Å². The van der Waals surface area contributed by atoms with Crippen molar-refractivity contribution >= 4 is 22.9 Å². The average Bonchev–Trinajstić information content (AvgIpc) is 3.11. The van der Waals surface area contributed by atoms with Crippen LogP contribution in [0.5, 0.6) is 0 Å². The van der Waals surface area contributed by atoms with E-state index in [0.717, 1.165) is 13.0 Å². The molecule has 0 saturated carbocycles. The van der Waals surface area contributed by atoms with E-state index in [2.05, 4.69) is 33.8 Å². The molecule has 5 heteroatoms. The molecule has 1 amide bonds. The molecular formula is C21H19FN2OS. The molecule has 0 spiro atoms. The molecular weight excluding hydrogens is 347 g/mol. The Labute approximate surface area is 156 Å². The van der Waals surface area contributed by atoms with Gasteiger partial charge in [-0.3, -0.25) is 9.69 Å². The zero-order valence-corrected chi connectivity index (χ0v) is 15.0. The highest BCUT2D eigenvalue weighted by molar-refractivity contribution is 7.10. The molecule has 1 aromatic heterocycles. The molecule has 0 fully saturated rings. The van der Waals surface area contributed by atoms with E-state index in [1.807, 2.05) is 18.2 Å². The predicted molar refractivity (Wildman–Crippen MR) is 103 cm³/mol. The first-order valence-electron chi connectivity index (χ1n) is 8.61. The highest BCUT2D eigenvalue weighted by Gasteiger charge is 2.30. The standard InChI is InChI=1S/C21H19FN2OS/c22-16-7-4-8-17(13-16)23-20(25)14-24-11-9-19-18(10-12-26-19)21(24)15-5-2-1-3-6-15/h1-8,10,12-13,21H,9,11,14H2,(H,23,25)/t21-/m0/s1. The number of thiophene rings is 1. The second kappa shape index (κ2) is 7.40. The van der Waals surface area contributed by atoms with Crippen molar-refractivity contribution in [2.24, 2.45) is 0 Å². The van der Waals surface area contributed by atoms with Gasteiger partial charge in [0.1, 0.15) is 5.82 Å². The van der Waals surface area contributed by atoms with Crippen molar-refractivity contribution < 1.29 is 9.18 Å². The molecule has 132 valence electrons. The van der Waals surface area contributed by atoms with Crippen LogP contribution in [0.15, 0.2) is 66.0 Å². The van der Waals surface area contributed by atoms with E-state index in [-0.39, 0.29) is 24.3 Å². The number of hydrogen-bond donors (Lipinski definition) is 1. The molecule has 1 aliphatic heterocycles. The second-order valence-corrected chi connectivity index (χ2v) is 7.39. The fraction of sp³-hybridized carbons (Fsp3) is 0.190. The van der Waals surface area contributed by atoms with Crippen molar-refractivity contribution in [2.75, 3.05) is 18.4 Å². The van der Waals surface area contributed by atoms with Crippen LogP contribution < -0.4 is 5.32 Å². The van der Waals surface area contributed by atoms with Crippen molar-refractivity contribution in [3.63, 3.8) is 0 Å². The lowest BCUT2D eigenvalue weighted by molar-refractivity contribution is -0.117. The second-order valence-electron chi connectivity index (χ2n) is 6.39. The molecule has 2 aromatic carbocycles. The SMILES string of the molecule is O=C(CN1CCc2sccc2[C@@H]1c1ccccc1)Nc1cccc(F)c1. The van der Waals surface area contributed by atoms with Gasteiger partial charge in [0, 0.05) is 17.1 Å². The lowest BCUT2D eigenvalue weighted by atomic mass is 9.93. The van der Waals surface area contributed by atoms with Gasteiger partial charge in [-0.05, 0) is 47.2 Å². The van der Waals surface area contributed by atoms with Gasteiger partial charge in [-0.2, -0.15) is 0 Å². The highest BCUT2D eigenvalue weighted by atomic mass is 32.1. The number of hydrogen-bond acceptors (Lipinski definition) is 3. The number of nitrogens with one attached hydrogen (secondary N) is 1. The minimum Gasteiger partial charge on any atom is -0.325 e. The van der Waals surface area contributed by atoms with Crippen LogP contribution >= 0.6 is 11.3 Å². The third-order valence-electron chi connectivity index (χ3n) is 4.64. The van der Waals surface area contributed by atoms with E-state index in [9.17, 15) is 9.18 Å². The number of rotatable bonds is 4. The minimum absolute atomic E-state index is 0.0736. The summed E-state index contributed by atoms with van der Waals surface area (Å²) in [5.41, 5.74) is 2.95. The molecule has 0 bridgehead atoms. The molecule has 0 aliphatic carbocycles. The average molecular weight is 366 g/mol. The minimum atomic E-state index is -0.356. The number of carbonyl (C=O) groups is 1. The third kappa shape index (κ3) is 3.54. The van der Waals surface area contributed by atoms with Crippen LogP contribution in [0.25, 0.3) is 0 Å². The van der Waals surface area contributed by atoms with Crippen molar-refractivity contribution in [1.29, 1.82) is 0 Å². The first kappa shape index (κ1) is 16.9. The summed E-state index contributed by atoms with van der Waals surface area (Å²) in [5, 5.41) is 4.92. The lowest BCUT2D eigenvalue weighted by Crippen LogP contribution is -2.40. The van der Waals surface area contributed by atoms with Gasteiger partial charge in [0.2, 0.25) is 5.91 Å². The summed E-state index contributed by atoms with van der Waals surface area (Å²) in [6.07, 6.45) is 0.948. The van der Waals surface area contributed by atoms with Crippen LogP contribution in [0, 0.1) is 5.82 Å². The number of benzene rings is 2. The molecule has 2 heterocycles. The van der Waals surface area contributed by atoms with Gasteiger partial charge in [0.05, 0.1) is 12.6 Å². The molecule has 1 atom stereocenters. The maximum absolute atomic E-state index is 13.3. The largest absolute Gasteiger partial charge is 0.325 e. The van der Waals surface area contributed by atoms with Gasteiger partial charge in [-0.25, -0.2) is 4.39 Å². The summed E-state index contributed by atoms with van der Waals surface area (Å²) in [5.74, 6) is -0.485.